The molecular weight excluding hydrogens is 344 g/mol. The Morgan fingerprint density at radius 2 is 1.89 bits per heavy atom. The Labute approximate surface area is 157 Å². The molecule has 0 aliphatic heterocycles. The molecular formula is C20H22N4O3. The Balaban J connectivity index is 1.56. The fourth-order valence-electron chi connectivity index (χ4n) is 2.67. The zero-order valence-electron chi connectivity index (χ0n) is 15.1. The first kappa shape index (κ1) is 18.4. The first-order chi connectivity index (χ1) is 13.2. The van der Waals surface area contributed by atoms with Crippen LogP contribution in [0, 0.1) is 0 Å². The van der Waals surface area contributed by atoms with Crippen molar-refractivity contribution in [2.24, 2.45) is 0 Å². The van der Waals surface area contributed by atoms with Gasteiger partial charge in [-0.3, -0.25) is 4.79 Å². The van der Waals surface area contributed by atoms with E-state index in [-0.39, 0.29) is 18.1 Å². The molecule has 7 heteroatoms. The van der Waals surface area contributed by atoms with E-state index in [1.807, 2.05) is 43.3 Å². The number of nitrogens with one attached hydrogen (secondary N) is 2. The highest BCUT2D eigenvalue weighted by Gasteiger charge is 2.13. The van der Waals surface area contributed by atoms with Crippen molar-refractivity contribution in [1.29, 1.82) is 0 Å². The van der Waals surface area contributed by atoms with Crippen LogP contribution < -0.4 is 15.6 Å². The number of nitrogens with zero attached hydrogens (tertiary/aromatic N) is 2. The number of hydrogen-bond donors (Lipinski definition) is 2. The van der Waals surface area contributed by atoms with Crippen molar-refractivity contribution in [3.63, 3.8) is 0 Å². The van der Waals surface area contributed by atoms with Gasteiger partial charge in [0.2, 0.25) is 0 Å². The van der Waals surface area contributed by atoms with Crippen molar-refractivity contribution in [3.8, 4) is 5.75 Å². The first-order valence-corrected chi connectivity index (χ1v) is 8.86. The monoisotopic (exact) mass is 366 g/mol. The summed E-state index contributed by atoms with van der Waals surface area (Å²) in [5.74, 6) is 1.22. The van der Waals surface area contributed by atoms with Gasteiger partial charge in [0.05, 0.1) is 24.0 Å². The molecule has 0 bridgehead atoms. The number of carbonyl (C=O) groups is 1. The molecule has 0 atom stereocenters. The second kappa shape index (κ2) is 8.84. The van der Waals surface area contributed by atoms with E-state index < -0.39 is 0 Å². The molecule has 3 rings (SSSR count). The maximum Gasteiger partial charge on any atom is 0.317 e. The van der Waals surface area contributed by atoms with E-state index in [1.165, 1.54) is 0 Å². The number of amides is 2. The SMILES string of the molecule is CCN(Cc1nc2ccccc2c(=O)[nH]1)C(=O)NCCOc1ccccc1. The Morgan fingerprint density at radius 3 is 2.67 bits per heavy atom. The molecule has 0 radical (unpaired) electrons. The van der Waals surface area contributed by atoms with Gasteiger partial charge >= 0.3 is 6.03 Å². The molecule has 2 aromatic carbocycles. The molecule has 2 N–H and O–H groups in total. The van der Waals surface area contributed by atoms with Crippen LogP contribution >= 0.6 is 0 Å². The summed E-state index contributed by atoms with van der Waals surface area (Å²) in [5, 5.41) is 3.35. The van der Waals surface area contributed by atoms with Gasteiger partial charge in [-0.2, -0.15) is 0 Å². The van der Waals surface area contributed by atoms with Crippen molar-refractivity contribution in [1.82, 2.24) is 20.2 Å². The number of H-pyrrole nitrogens is 1. The average molecular weight is 366 g/mol. The zero-order chi connectivity index (χ0) is 19.1. The molecule has 27 heavy (non-hydrogen) atoms. The summed E-state index contributed by atoms with van der Waals surface area (Å²) < 4.78 is 5.56. The maximum atomic E-state index is 12.4. The van der Waals surface area contributed by atoms with Gasteiger partial charge in [-0.1, -0.05) is 30.3 Å². The lowest BCUT2D eigenvalue weighted by atomic mass is 10.2. The molecule has 140 valence electrons. The van der Waals surface area contributed by atoms with Gasteiger partial charge in [-0.25, -0.2) is 9.78 Å². The normalized spacial score (nSPS) is 10.6. The second-order valence-electron chi connectivity index (χ2n) is 5.94. The number of aromatic nitrogens is 2. The predicted octanol–water partition coefficient (Wildman–Crippen LogP) is 2.53. The van der Waals surface area contributed by atoms with Crippen molar-refractivity contribution in [2.75, 3.05) is 19.7 Å². The van der Waals surface area contributed by atoms with Gasteiger partial charge < -0.3 is 19.9 Å². The van der Waals surface area contributed by atoms with E-state index in [1.54, 1.807) is 23.1 Å². The summed E-state index contributed by atoms with van der Waals surface area (Å²) >= 11 is 0. The Morgan fingerprint density at radius 1 is 1.15 bits per heavy atom. The van der Waals surface area contributed by atoms with Crippen LogP contribution in [0.25, 0.3) is 10.9 Å². The summed E-state index contributed by atoms with van der Waals surface area (Å²) in [7, 11) is 0. The summed E-state index contributed by atoms with van der Waals surface area (Å²) in [6, 6.07) is 16.3. The number of urea groups is 1. The lowest BCUT2D eigenvalue weighted by Crippen LogP contribution is -2.41. The smallest absolute Gasteiger partial charge is 0.317 e. The van der Waals surface area contributed by atoms with E-state index >= 15 is 0 Å². The van der Waals surface area contributed by atoms with E-state index in [0.717, 1.165) is 5.75 Å². The quantitative estimate of drug-likeness (QED) is 0.629. The third-order valence-electron chi connectivity index (χ3n) is 4.06. The molecule has 0 aliphatic carbocycles. The first-order valence-electron chi connectivity index (χ1n) is 8.86. The molecule has 0 saturated carbocycles. The van der Waals surface area contributed by atoms with Gasteiger partial charge in [-0.15, -0.1) is 0 Å². The number of fused-ring (bicyclic) bond motifs is 1. The Hall–Kier alpha value is -3.35. The summed E-state index contributed by atoms with van der Waals surface area (Å²) in [5.41, 5.74) is 0.410. The molecule has 0 unspecified atom stereocenters. The lowest BCUT2D eigenvalue weighted by molar-refractivity contribution is 0.193. The molecule has 0 saturated heterocycles. The zero-order valence-corrected chi connectivity index (χ0v) is 15.1. The van der Waals surface area contributed by atoms with Crippen LogP contribution in [0.5, 0.6) is 5.75 Å². The third kappa shape index (κ3) is 4.84. The van der Waals surface area contributed by atoms with Gasteiger partial charge in [0.25, 0.3) is 5.56 Å². The highest BCUT2D eigenvalue weighted by molar-refractivity contribution is 5.77. The van der Waals surface area contributed by atoms with Crippen molar-refractivity contribution in [2.45, 2.75) is 13.5 Å². The van der Waals surface area contributed by atoms with Crippen LogP contribution in [0.4, 0.5) is 4.79 Å². The third-order valence-corrected chi connectivity index (χ3v) is 4.06. The second-order valence-corrected chi connectivity index (χ2v) is 5.94. The van der Waals surface area contributed by atoms with Crippen LogP contribution in [0.1, 0.15) is 12.7 Å². The van der Waals surface area contributed by atoms with E-state index in [4.69, 9.17) is 4.74 Å². The van der Waals surface area contributed by atoms with Gasteiger partial charge in [-0.05, 0) is 31.2 Å². The number of ether oxygens (including phenoxy) is 1. The molecule has 1 aromatic heterocycles. The number of hydrogen-bond acceptors (Lipinski definition) is 4. The predicted molar refractivity (Wildman–Crippen MR) is 104 cm³/mol. The highest BCUT2D eigenvalue weighted by atomic mass is 16.5. The lowest BCUT2D eigenvalue weighted by Gasteiger charge is -2.21. The standard InChI is InChI=1S/C20H22N4O3/c1-2-24(20(26)21-12-13-27-15-8-4-3-5-9-15)14-18-22-17-11-7-6-10-16(17)19(25)23-18/h3-11H,2,12-14H2,1H3,(H,21,26)(H,22,23,25). The van der Waals surface area contributed by atoms with E-state index in [9.17, 15) is 9.59 Å². The highest BCUT2D eigenvalue weighted by Crippen LogP contribution is 2.08. The number of benzene rings is 2. The number of aromatic amines is 1. The average Bonchev–Trinajstić information content (AvgIpc) is 2.70. The Bertz CT molecular complexity index is 956. The fourth-order valence-corrected chi connectivity index (χ4v) is 2.67. The van der Waals surface area contributed by atoms with Crippen molar-refractivity contribution < 1.29 is 9.53 Å². The van der Waals surface area contributed by atoms with Gasteiger partial charge in [0, 0.05) is 6.54 Å². The largest absolute Gasteiger partial charge is 0.492 e. The summed E-state index contributed by atoms with van der Waals surface area (Å²) in [6.45, 7) is 3.34. The minimum Gasteiger partial charge on any atom is -0.492 e. The molecule has 3 aromatic rings. The number of rotatable bonds is 7. The van der Waals surface area contributed by atoms with Crippen LogP contribution in [0.15, 0.2) is 59.4 Å². The molecule has 0 fully saturated rings. The summed E-state index contributed by atoms with van der Waals surface area (Å²) in [4.78, 5) is 33.3. The van der Waals surface area contributed by atoms with Crippen LogP contribution in [0.2, 0.25) is 0 Å². The van der Waals surface area contributed by atoms with E-state index in [2.05, 4.69) is 15.3 Å². The molecule has 0 spiro atoms. The molecule has 0 aliphatic rings. The van der Waals surface area contributed by atoms with E-state index in [0.29, 0.717) is 36.4 Å². The molecule has 7 nitrogen and oxygen atoms in total. The minimum absolute atomic E-state index is 0.205. The van der Waals surface area contributed by atoms with Crippen molar-refractivity contribution >= 4 is 16.9 Å². The Kier molecular flexibility index (Phi) is 6.04. The topological polar surface area (TPSA) is 87.3 Å². The molecule has 1 heterocycles. The van der Waals surface area contributed by atoms with Crippen molar-refractivity contribution in [3.05, 3.63) is 70.8 Å². The van der Waals surface area contributed by atoms with Crippen LogP contribution in [-0.2, 0) is 6.54 Å². The molecule has 2 amide bonds. The summed E-state index contributed by atoms with van der Waals surface area (Å²) in [6.07, 6.45) is 0. The number of para-hydroxylation sites is 2. The fraction of sp³-hybridized carbons (Fsp3) is 0.250. The minimum atomic E-state index is -0.232. The van der Waals surface area contributed by atoms with Gasteiger partial charge in [0.15, 0.2) is 0 Å². The van der Waals surface area contributed by atoms with Crippen LogP contribution in [-0.4, -0.2) is 40.6 Å². The van der Waals surface area contributed by atoms with Gasteiger partial charge in [0.1, 0.15) is 18.2 Å². The maximum absolute atomic E-state index is 12.4. The number of carbonyl (C=O) groups excluding carboxylic acids is 1. The van der Waals surface area contributed by atoms with Crippen LogP contribution in [0.3, 0.4) is 0 Å².